The normalized spacial score (nSPS) is 11.1. The van der Waals surface area contributed by atoms with Crippen LogP contribution in [-0.2, 0) is 19.6 Å². The second kappa shape index (κ2) is 10.4. The van der Waals surface area contributed by atoms with Crippen LogP contribution in [0.1, 0.15) is 10.4 Å². The van der Waals surface area contributed by atoms with Crippen molar-refractivity contribution in [3.8, 4) is 0 Å². The van der Waals surface area contributed by atoms with E-state index in [1.807, 2.05) is 42.5 Å². The predicted octanol–water partition coefficient (Wildman–Crippen LogP) is 3.68. The Balaban J connectivity index is 1.66. The van der Waals surface area contributed by atoms with E-state index in [0.29, 0.717) is 5.69 Å². The van der Waals surface area contributed by atoms with Crippen molar-refractivity contribution >= 4 is 39.3 Å². The number of hydrogen-bond acceptors (Lipinski definition) is 6. The summed E-state index contributed by atoms with van der Waals surface area (Å²) in [7, 11) is -2.69. The van der Waals surface area contributed by atoms with Crippen LogP contribution in [0.15, 0.2) is 87.5 Å². The molecule has 2 N–H and O–H groups in total. The number of hydrogen-bond donors (Lipinski definition) is 2. The van der Waals surface area contributed by atoms with E-state index in [-0.39, 0.29) is 4.90 Å². The molecular weight excluding hydrogens is 455 g/mol. The molecule has 0 aliphatic rings. The van der Waals surface area contributed by atoms with E-state index in [0.717, 1.165) is 28.0 Å². The maximum Gasteiger partial charge on any atom is 0.341 e. The summed E-state index contributed by atoms with van der Waals surface area (Å²) in [6.45, 7) is -0.675. The lowest BCUT2D eigenvalue weighted by molar-refractivity contribution is -0.119. The highest BCUT2D eigenvalue weighted by Crippen LogP contribution is 2.33. The molecular formula is C22H19FN2O5S2. The molecule has 0 aliphatic carbocycles. The van der Waals surface area contributed by atoms with Gasteiger partial charge in [0.25, 0.3) is 5.91 Å². The van der Waals surface area contributed by atoms with Crippen LogP contribution in [-0.4, -0.2) is 33.9 Å². The third kappa shape index (κ3) is 5.94. The van der Waals surface area contributed by atoms with Gasteiger partial charge in [0.15, 0.2) is 6.61 Å². The number of nitrogens with one attached hydrogen (secondary N) is 2. The Morgan fingerprint density at radius 2 is 1.69 bits per heavy atom. The summed E-state index contributed by atoms with van der Waals surface area (Å²) in [5, 5.41) is 2.66. The molecule has 0 aliphatic heterocycles. The number of esters is 1. The number of carbonyl (C=O) groups excluding carboxylic acids is 2. The standard InChI is InChI=1S/C22H19FN2O5S2/c1-24-32(28,29)16-11-12-18(23)17(13-16)22(27)30-14-21(26)25-19-9-5-6-10-20(19)31-15-7-3-2-4-8-15/h2-13,24H,14H2,1H3,(H,25,26). The van der Waals surface area contributed by atoms with Crippen LogP contribution in [0.4, 0.5) is 10.1 Å². The monoisotopic (exact) mass is 474 g/mol. The van der Waals surface area contributed by atoms with Crippen molar-refractivity contribution in [2.45, 2.75) is 14.7 Å². The zero-order valence-electron chi connectivity index (χ0n) is 16.9. The van der Waals surface area contributed by atoms with Crippen molar-refractivity contribution in [3.05, 3.63) is 84.2 Å². The smallest absolute Gasteiger partial charge is 0.341 e. The molecule has 10 heteroatoms. The number of halogens is 1. The van der Waals surface area contributed by atoms with Crippen molar-refractivity contribution in [2.75, 3.05) is 19.0 Å². The second-order valence-corrected chi connectivity index (χ2v) is 9.39. The lowest BCUT2D eigenvalue weighted by Crippen LogP contribution is -2.22. The fraction of sp³-hybridized carbons (Fsp3) is 0.0909. The fourth-order valence-corrected chi connectivity index (χ4v) is 4.29. The third-order valence-electron chi connectivity index (χ3n) is 4.20. The Hall–Kier alpha value is -3.21. The van der Waals surface area contributed by atoms with E-state index in [1.54, 1.807) is 12.1 Å². The first kappa shape index (κ1) is 23.5. The Morgan fingerprint density at radius 3 is 2.41 bits per heavy atom. The van der Waals surface area contributed by atoms with E-state index in [4.69, 9.17) is 4.74 Å². The molecule has 3 aromatic carbocycles. The van der Waals surface area contributed by atoms with Crippen LogP contribution in [0.2, 0.25) is 0 Å². The minimum Gasteiger partial charge on any atom is -0.452 e. The van der Waals surface area contributed by atoms with E-state index in [1.165, 1.54) is 18.8 Å². The van der Waals surface area contributed by atoms with Gasteiger partial charge in [-0.25, -0.2) is 22.3 Å². The molecule has 166 valence electrons. The van der Waals surface area contributed by atoms with Gasteiger partial charge in [-0.05, 0) is 49.5 Å². The molecule has 0 atom stereocenters. The van der Waals surface area contributed by atoms with Crippen molar-refractivity contribution in [1.29, 1.82) is 0 Å². The van der Waals surface area contributed by atoms with Crippen LogP contribution in [0.5, 0.6) is 0 Å². The van der Waals surface area contributed by atoms with Crippen LogP contribution < -0.4 is 10.0 Å². The Morgan fingerprint density at radius 1 is 1.00 bits per heavy atom. The number of benzene rings is 3. The van der Waals surface area contributed by atoms with Crippen LogP contribution in [0, 0.1) is 5.82 Å². The molecule has 0 spiro atoms. The summed E-state index contributed by atoms with van der Waals surface area (Å²) >= 11 is 1.45. The minimum atomic E-state index is -3.88. The first-order valence-corrected chi connectivity index (χ1v) is 11.6. The summed E-state index contributed by atoms with van der Waals surface area (Å²) < 4.78 is 44.7. The zero-order chi connectivity index (χ0) is 23.1. The number of para-hydroxylation sites is 1. The molecule has 3 aromatic rings. The molecule has 32 heavy (non-hydrogen) atoms. The molecule has 0 unspecified atom stereocenters. The van der Waals surface area contributed by atoms with Crippen LogP contribution in [0.3, 0.4) is 0 Å². The van der Waals surface area contributed by atoms with E-state index in [9.17, 15) is 22.4 Å². The summed E-state index contributed by atoms with van der Waals surface area (Å²) in [6, 6.07) is 19.4. The number of rotatable bonds is 8. The molecule has 0 radical (unpaired) electrons. The van der Waals surface area contributed by atoms with Crippen molar-refractivity contribution < 1.29 is 27.1 Å². The highest BCUT2D eigenvalue weighted by Gasteiger charge is 2.20. The lowest BCUT2D eigenvalue weighted by Gasteiger charge is -2.11. The first-order chi connectivity index (χ1) is 15.3. The van der Waals surface area contributed by atoms with E-state index >= 15 is 0 Å². The molecule has 0 bridgehead atoms. The molecule has 0 fully saturated rings. The van der Waals surface area contributed by atoms with Gasteiger partial charge in [0.2, 0.25) is 10.0 Å². The van der Waals surface area contributed by atoms with Crippen molar-refractivity contribution in [2.24, 2.45) is 0 Å². The molecule has 0 heterocycles. The Labute approximate surface area is 189 Å². The summed E-state index contributed by atoms with van der Waals surface area (Å²) in [5.74, 6) is -2.74. The lowest BCUT2D eigenvalue weighted by atomic mass is 10.2. The van der Waals surface area contributed by atoms with E-state index < -0.39 is 39.9 Å². The van der Waals surface area contributed by atoms with Gasteiger partial charge in [-0.2, -0.15) is 0 Å². The molecule has 1 amide bonds. The fourth-order valence-electron chi connectivity index (χ4n) is 2.62. The number of carbonyl (C=O) groups is 2. The molecule has 0 saturated carbocycles. The second-order valence-electron chi connectivity index (χ2n) is 6.38. The summed E-state index contributed by atoms with van der Waals surface area (Å²) in [4.78, 5) is 26.0. The topological polar surface area (TPSA) is 102 Å². The average Bonchev–Trinajstić information content (AvgIpc) is 2.79. The third-order valence-corrected chi connectivity index (χ3v) is 6.70. The predicted molar refractivity (Wildman–Crippen MR) is 119 cm³/mol. The van der Waals surface area contributed by atoms with Gasteiger partial charge in [0.05, 0.1) is 16.1 Å². The van der Waals surface area contributed by atoms with Crippen LogP contribution in [0.25, 0.3) is 0 Å². The Kier molecular flexibility index (Phi) is 7.62. The van der Waals surface area contributed by atoms with Crippen LogP contribution >= 0.6 is 11.8 Å². The largest absolute Gasteiger partial charge is 0.452 e. The van der Waals surface area contributed by atoms with Gasteiger partial charge in [0.1, 0.15) is 5.82 Å². The van der Waals surface area contributed by atoms with Crippen molar-refractivity contribution in [3.63, 3.8) is 0 Å². The van der Waals surface area contributed by atoms with E-state index in [2.05, 4.69) is 10.0 Å². The maximum atomic E-state index is 14.0. The summed E-state index contributed by atoms with van der Waals surface area (Å²) in [5.41, 5.74) is -0.0650. The van der Waals surface area contributed by atoms with Gasteiger partial charge >= 0.3 is 5.97 Å². The van der Waals surface area contributed by atoms with Gasteiger partial charge < -0.3 is 10.1 Å². The number of ether oxygens (including phenoxy) is 1. The molecule has 0 aromatic heterocycles. The van der Waals surface area contributed by atoms with Gasteiger partial charge in [0, 0.05) is 9.79 Å². The molecule has 0 saturated heterocycles. The molecule has 7 nitrogen and oxygen atoms in total. The quantitative estimate of drug-likeness (QED) is 0.483. The highest BCUT2D eigenvalue weighted by molar-refractivity contribution is 7.99. The maximum absolute atomic E-state index is 14.0. The highest BCUT2D eigenvalue weighted by atomic mass is 32.2. The van der Waals surface area contributed by atoms with Gasteiger partial charge in [-0.1, -0.05) is 42.1 Å². The average molecular weight is 475 g/mol. The SMILES string of the molecule is CNS(=O)(=O)c1ccc(F)c(C(=O)OCC(=O)Nc2ccccc2Sc2ccccc2)c1. The minimum absolute atomic E-state index is 0.301. The number of anilines is 1. The number of sulfonamides is 1. The van der Waals surface area contributed by atoms with Gasteiger partial charge in [-0.15, -0.1) is 0 Å². The zero-order valence-corrected chi connectivity index (χ0v) is 18.5. The van der Waals surface area contributed by atoms with Gasteiger partial charge in [-0.3, -0.25) is 4.79 Å². The first-order valence-electron chi connectivity index (χ1n) is 9.32. The van der Waals surface area contributed by atoms with Crippen molar-refractivity contribution in [1.82, 2.24) is 4.72 Å². The molecule has 3 rings (SSSR count). The Bertz CT molecular complexity index is 1230. The number of amides is 1. The summed E-state index contributed by atoms with van der Waals surface area (Å²) in [6.07, 6.45) is 0.